The molecule has 0 spiro atoms. The van der Waals surface area contributed by atoms with Crippen LogP contribution in [0.2, 0.25) is 0 Å². The first-order chi connectivity index (χ1) is 9.76. The number of hydrogen-bond acceptors (Lipinski definition) is 0. The van der Waals surface area contributed by atoms with E-state index in [1.165, 1.54) is 5.56 Å². The van der Waals surface area contributed by atoms with Crippen molar-refractivity contribution in [1.29, 1.82) is 0 Å². The molecule has 0 bridgehead atoms. The molecule has 0 atom stereocenters. The molecule has 118 valence electrons. The monoisotopic (exact) mass is 294 g/mol. The van der Waals surface area contributed by atoms with Gasteiger partial charge in [-0.15, -0.1) is 0 Å². The summed E-state index contributed by atoms with van der Waals surface area (Å²) in [5, 5.41) is 0. The topological polar surface area (TPSA) is 0 Å². The van der Waals surface area contributed by atoms with Crippen LogP contribution < -0.4 is 0 Å². The van der Waals surface area contributed by atoms with Gasteiger partial charge in [0, 0.05) is 22.0 Å². The Hall–Kier alpha value is -1.66. The zero-order valence-electron chi connectivity index (χ0n) is 15.7. The van der Waals surface area contributed by atoms with Crippen LogP contribution in [0.3, 0.4) is 0 Å². The molecule has 0 amide bonds. The molecule has 0 N–H and O–H groups in total. The SMILES string of the molecule is CC(C)(C)C#Cc1cc(C#CC(C)(C)C)cc(C(C)(C)C)c1. The van der Waals surface area contributed by atoms with E-state index in [4.69, 9.17) is 0 Å². The third-order valence-corrected chi connectivity index (χ3v) is 2.96. The minimum Gasteiger partial charge on any atom is -0.0920 e. The molecule has 22 heavy (non-hydrogen) atoms. The second-order valence-corrected chi connectivity index (χ2v) is 9.05. The van der Waals surface area contributed by atoms with Gasteiger partial charge in [0.15, 0.2) is 0 Å². The molecule has 0 heterocycles. The lowest BCUT2D eigenvalue weighted by Crippen LogP contribution is -2.11. The molecule has 0 aliphatic rings. The van der Waals surface area contributed by atoms with Gasteiger partial charge >= 0.3 is 0 Å². The molecule has 0 heteroatoms. The Balaban J connectivity index is 3.39. The maximum atomic E-state index is 3.32. The predicted molar refractivity (Wildman–Crippen MR) is 97.8 cm³/mol. The van der Waals surface area contributed by atoms with E-state index in [2.05, 4.69) is 104 Å². The molecule has 0 nitrogen and oxygen atoms in total. The van der Waals surface area contributed by atoms with Gasteiger partial charge < -0.3 is 0 Å². The first-order valence-corrected chi connectivity index (χ1v) is 7.98. The quantitative estimate of drug-likeness (QED) is 0.532. The van der Waals surface area contributed by atoms with Crippen molar-refractivity contribution in [2.75, 3.05) is 0 Å². The van der Waals surface area contributed by atoms with Gasteiger partial charge in [0.1, 0.15) is 0 Å². The van der Waals surface area contributed by atoms with Crippen molar-refractivity contribution >= 4 is 0 Å². The molecule has 1 aromatic carbocycles. The average molecular weight is 294 g/mol. The summed E-state index contributed by atoms with van der Waals surface area (Å²) in [5.74, 6) is 13.3. The summed E-state index contributed by atoms with van der Waals surface area (Å²) in [6, 6.07) is 6.49. The second-order valence-electron chi connectivity index (χ2n) is 9.05. The zero-order valence-corrected chi connectivity index (χ0v) is 15.7. The summed E-state index contributed by atoms with van der Waals surface area (Å²) < 4.78 is 0. The Labute approximate surface area is 137 Å². The summed E-state index contributed by atoms with van der Waals surface area (Å²) in [6.07, 6.45) is 0. The highest BCUT2D eigenvalue weighted by atomic mass is 14.2. The third-order valence-electron chi connectivity index (χ3n) is 2.96. The summed E-state index contributed by atoms with van der Waals surface area (Å²) >= 11 is 0. The van der Waals surface area contributed by atoms with Gasteiger partial charge in [-0.1, -0.05) is 44.5 Å². The maximum Gasteiger partial charge on any atom is 0.0260 e. The van der Waals surface area contributed by atoms with E-state index in [9.17, 15) is 0 Å². The van der Waals surface area contributed by atoms with Gasteiger partial charge in [-0.25, -0.2) is 0 Å². The standard InChI is InChI=1S/C22H30/c1-20(2,3)12-10-17-14-18(11-13-21(4,5)6)16-19(15-17)22(7,8)9/h14-16H,1-9H3. The third kappa shape index (κ3) is 6.87. The van der Waals surface area contributed by atoms with Crippen LogP contribution in [0.4, 0.5) is 0 Å². The molecular weight excluding hydrogens is 264 g/mol. The van der Waals surface area contributed by atoms with E-state index in [1.807, 2.05) is 0 Å². The Bertz CT molecular complexity index is 595. The van der Waals surface area contributed by atoms with Crippen LogP contribution in [0.25, 0.3) is 0 Å². The van der Waals surface area contributed by atoms with Crippen molar-refractivity contribution in [3.05, 3.63) is 34.9 Å². The van der Waals surface area contributed by atoms with Gasteiger partial charge in [0.2, 0.25) is 0 Å². The van der Waals surface area contributed by atoms with Crippen LogP contribution in [0.15, 0.2) is 18.2 Å². The highest BCUT2D eigenvalue weighted by molar-refractivity contribution is 5.48. The fourth-order valence-electron chi connectivity index (χ4n) is 1.72. The summed E-state index contributed by atoms with van der Waals surface area (Å²) in [5.41, 5.74) is 3.51. The number of hydrogen-bond donors (Lipinski definition) is 0. The van der Waals surface area contributed by atoms with Crippen LogP contribution in [-0.4, -0.2) is 0 Å². The van der Waals surface area contributed by atoms with Gasteiger partial charge in [-0.05, 0) is 70.7 Å². The molecule has 0 aliphatic heterocycles. The van der Waals surface area contributed by atoms with Crippen LogP contribution in [-0.2, 0) is 5.41 Å². The lowest BCUT2D eigenvalue weighted by molar-refractivity contribution is 0.570. The van der Waals surface area contributed by atoms with Gasteiger partial charge in [0.25, 0.3) is 0 Å². The van der Waals surface area contributed by atoms with Crippen molar-refractivity contribution in [3.63, 3.8) is 0 Å². The van der Waals surface area contributed by atoms with Crippen molar-refractivity contribution < 1.29 is 0 Å². The van der Waals surface area contributed by atoms with Crippen molar-refractivity contribution in [2.45, 2.75) is 67.7 Å². The Morgan fingerprint density at radius 3 is 1.23 bits per heavy atom. The lowest BCUT2D eigenvalue weighted by Gasteiger charge is -2.20. The van der Waals surface area contributed by atoms with E-state index in [0.29, 0.717) is 0 Å². The second kappa shape index (κ2) is 6.22. The highest BCUT2D eigenvalue weighted by Gasteiger charge is 2.15. The van der Waals surface area contributed by atoms with E-state index in [-0.39, 0.29) is 16.2 Å². The molecule has 0 saturated heterocycles. The minimum atomic E-state index is 0.00892. The van der Waals surface area contributed by atoms with Crippen molar-refractivity contribution in [2.24, 2.45) is 10.8 Å². The van der Waals surface area contributed by atoms with E-state index < -0.39 is 0 Å². The first kappa shape index (κ1) is 18.4. The minimum absolute atomic E-state index is 0.00892. The predicted octanol–water partition coefficient (Wildman–Crippen LogP) is 5.78. The van der Waals surface area contributed by atoms with Crippen LogP contribution >= 0.6 is 0 Å². The van der Waals surface area contributed by atoms with Crippen molar-refractivity contribution in [3.8, 4) is 23.7 Å². The molecule has 0 saturated carbocycles. The molecule has 1 aromatic rings. The molecular formula is C22H30. The van der Waals surface area contributed by atoms with Crippen LogP contribution in [0, 0.1) is 34.5 Å². The smallest absolute Gasteiger partial charge is 0.0260 e. The maximum absolute atomic E-state index is 3.32. The Kier molecular flexibility index (Phi) is 5.20. The Morgan fingerprint density at radius 1 is 0.591 bits per heavy atom. The number of benzene rings is 1. The molecule has 0 aliphatic carbocycles. The highest BCUT2D eigenvalue weighted by Crippen LogP contribution is 2.25. The largest absolute Gasteiger partial charge is 0.0920 e. The molecule has 0 fully saturated rings. The fraction of sp³-hybridized carbons (Fsp3) is 0.545. The fourth-order valence-corrected chi connectivity index (χ4v) is 1.72. The molecule has 0 aromatic heterocycles. The number of rotatable bonds is 0. The first-order valence-electron chi connectivity index (χ1n) is 7.98. The van der Waals surface area contributed by atoms with E-state index in [1.54, 1.807) is 0 Å². The van der Waals surface area contributed by atoms with E-state index >= 15 is 0 Å². The van der Waals surface area contributed by atoms with Gasteiger partial charge in [-0.3, -0.25) is 0 Å². The van der Waals surface area contributed by atoms with Gasteiger partial charge in [0.05, 0.1) is 0 Å². The molecule has 1 rings (SSSR count). The summed E-state index contributed by atoms with van der Waals surface area (Å²) in [7, 11) is 0. The summed E-state index contributed by atoms with van der Waals surface area (Å²) in [4.78, 5) is 0. The molecule has 0 radical (unpaired) electrons. The van der Waals surface area contributed by atoms with Crippen molar-refractivity contribution in [1.82, 2.24) is 0 Å². The Morgan fingerprint density at radius 2 is 0.955 bits per heavy atom. The average Bonchev–Trinajstić information content (AvgIpc) is 2.31. The normalized spacial score (nSPS) is 12.0. The summed E-state index contributed by atoms with van der Waals surface area (Å²) in [6.45, 7) is 19.5. The van der Waals surface area contributed by atoms with Crippen LogP contribution in [0.5, 0.6) is 0 Å². The zero-order chi connectivity index (χ0) is 17.2. The van der Waals surface area contributed by atoms with E-state index in [0.717, 1.165) is 11.1 Å². The molecule has 0 unspecified atom stereocenters. The van der Waals surface area contributed by atoms with Crippen LogP contribution in [0.1, 0.15) is 79.0 Å². The van der Waals surface area contributed by atoms with Gasteiger partial charge in [-0.2, -0.15) is 0 Å². The lowest BCUT2D eigenvalue weighted by atomic mass is 9.85.